The number of rotatable bonds is 8. The fourth-order valence-electron chi connectivity index (χ4n) is 2.56. The molecule has 0 aromatic carbocycles. The minimum absolute atomic E-state index is 0. The maximum atomic E-state index is 11.7. The maximum Gasteiger partial charge on any atom is 1.00 e. The monoisotopic (exact) mass is 580 g/mol. The molecule has 5 atom stereocenters. The van der Waals surface area contributed by atoms with Gasteiger partial charge in [0.05, 0.1) is 33.2 Å². The van der Waals surface area contributed by atoms with Crippen LogP contribution in [0, 0.1) is 0 Å². The van der Waals surface area contributed by atoms with Gasteiger partial charge >= 0.3 is 118 Å². The van der Waals surface area contributed by atoms with Crippen LogP contribution in [0.25, 0.3) is 11.2 Å². The van der Waals surface area contributed by atoms with Gasteiger partial charge in [-0.3, -0.25) is 22.8 Å². The first-order chi connectivity index (χ1) is 13.8. The van der Waals surface area contributed by atoms with Gasteiger partial charge in [-0.1, -0.05) is 0 Å². The van der Waals surface area contributed by atoms with Crippen LogP contribution in [-0.2, 0) is 31.6 Å². The summed E-state index contributed by atoms with van der Waals surface area (Å²) in [7, 11) is -17.9. The number of ether oxygens (including phenoxy) is 1. The van der Waals surface area contributed by atoms with Gasteiger partial charge < -0.3 is 43.5 Å². The van der Waals surface area contributed by atoms with Gasteiger partial charge in [0.2, 0.25) is 0 Å². The van der Waals surface area contributed by atoms with Crippen molar-refractivity contribution in [1.82, 2.24) is 19.5 Å². The second kappa shape index (κ2) is 15.5. The zero-order valence-electron chi connectivity index (χ0n) is 18.3. The summed E-state index contributed by atoms with van der Waals surface area (Å²) in [6.07, 6.45) is -1.31. The Morgan fingerprint density at radius 3 is 2.29 bits per heavy atom. The average Bonchev–Trinajstić information content (AvgIpc) is 3.14. The minimum Gasteiger partial charge on any atom is -0.790 e. The van der Waals surface area contributed by atoms with Crippen LogP contribution < -0.4 is 143 Å². The molecule has 24 heteroatoms. The van der Waals surface area contributed by atoms with Crippen LogP contribution in [0.1, 0.15) is 12.6 Å². The maximum absolute atomic E-state index is 11.7. The third kappa shape index (κ3) is 11.0. The van der Waals surface area contributed by atoms with Crippen molar-refractivity contribution >= 4 is 34.6 Å². The SMILES string of the molecule is O=c1[nH]cnc2c1ncn2[C@H]1C[C@H](O)[C@@H](COP(=O)([O-])OP(=O)([O-])OP(=O)([O-])[O-])O1.[Na+].[Na+].[Na+].[Na+]. The summed E-state index contributed by atoms with van der Waals surface area (Å²) >= 11 is 0. The van der Waals surface area contributed by atoms with Gasteiger partial charge in [0.1, 0.15) is 12.3 Å². The van der Waals surface area contributed by atoms with E-state index in [0.717, 1.165) is 6.33 Å². The van der Waals surface area contributed by atoms with E-state index in [4.69, 9.17) is 4.74 Å². The van der Waals surface area contributed by atoms with E-state index in [-0.39, 0.29) is 136 Å². The number of imidazole rings is 1. The van der Waals surface area contributed by atoms with E-state index < -0.39 is 54.1 Å². The van der Waals surface area contributed by atoms with Crippen molar-refractivity contribution in [3.8, 4) is 0 Å². The zero-order chi connectivity index (χ0) is 22.3. The average molecular weight is 580 g/mol. The van der Waals surface area contributed by atoms with E-state index in [2.05, 4.69) is 28.1 Å². The first kappa shape index (κ1) is 38.8. The summed E-state index contributed by atoms with van der Waals surface area (Å²) in [5.41, 5.74) is -0.404. The summed E-state index contributed by atoms with van der Waals surface area (Å²) in [5.74, 6) is 0. The number of aromatic nitrogens is 4. The van der Waals surface area contributed by atoms with Crippen molar-refractivity contribution in [3.05, 3.63) is 23.0 Å². The van der Waals surface area contributed by atoms with Crippen LogP contribution in [0.4, 0.5) is 0 Å². The van der Waals surface area contributed by atoms with Crippen molar-refractivity contribution in [3.63, 3.8) is 0 Å². The summed E-state index contributed by atoms with van der Waals surface area (Å²) in [4.78, 5) is 65.0. The molecule has 3 rings (SSSR count). The Bertz CT molecular complexity index is 1140. The van der Waals surface area contributed by atoms with Crippen molar-refractivity contribution in [2.24, 2.45) is 0 Å². The smallest absolute Gasteiger partial charge is 0.790 e. The molecule has 0 amide bonds. The fraction of sp³-hybridized carbons (Fsp3) is 0.500. The van der Waals surface area contributed by atoms with E-state index in [0.29, 0.717) is 0 Å². The molecule has 0 saturated carbocycles. The van der Waals surface area contributed by atoms with Gasteiger partial charge in [-0.05, 0) is 0 Å². The Labute approximate surface area is 279 Å². The number of hydrogen-bond acceptors (Lipinski definition) is 15. The first-order valence-corrected chi connectivity index (χ1v) is 12.1. The molecule has 2 aromatic heterocycles. The number of phosphoric acid groups is 3. The molecule has 1 aliphatic heterocycles. The van der Waals surface area contributed by atoms with E-state index in [1.807, 2.05) is 0 Å². The van der Waals surface area contributed by atoms with Crippen LogP contribution in [0.5, 0.6) is 0 Å². The molecule has 2 unspecified atom stereocenters. The summed E-state index contributed by atoms with van der Waals surface area (Å²) in [5, 5.41) is 10.0. The van der Waals surface area contributed by atoms with Crippen LogP contribution in [-0.4, -0.2) is 43.4 Å². The molecular weight excluding hydrogens is 569 g/mol. The molecule has 0 aliphatic carbocycles. The van der Waals surface area contributed by atoms with Gasteiger partial charge in [0.15, 0.2) is 11.2 Å². The topological polar surface area (TPSA) is 264 Å². The third-order valence-electron chi connectivity index (χ3n) is 3.68. The fourth-order valence-corrected chi connectivity index (χ4v) is 5.42. The number of nitrogens with one attached hydrogen (secondary N) is 1. The van der Waals surface area contributed by atoms with Crippen LogP contribution in [0.2, 0.25) is 0 Å². The largest absolute Gasteiger partial charge is 1.00 e. The molecule has 1 aliphatic rings. The van der Waals surface area contributed by atoms with Crippen LogP contribution in [0.15, 0.2) is 17.4 Å². The van der Waals surface area contributed by atoms with Crippen molar-refractivity contribution < 1.29 is 174 Å². The Hall–Kier alpha value is 2.68. The zero-order valence-corrected chi connectivity index (χ0v) is 29.0. The van der Waals surface area contributed by atoms with Crippen molar-refractivity contribution in [1.29, 1.82) is 0 Å². The molecule has 0 spiro atoms. The number of aromatic amines is 1. The number of phosphoric ester groups is 1. The van der Waals surface area contributed by atoms with E-state index >= 15 is 0 Å². The molecule has 2 N–H and O–H groups in total. The van der Waals surface area contributed by atoms with Crippen LogP contribution in [0.3, 0.4) is 0 Å². The van der Waals surface area contributed by atoms with Gasteiger partial charge in [0, 0.05) is 6.42 Å². The Balaban J connectivity index is 0. The molecule has 1 fully saturated rings. The molecule has 3 heterocycles. The van der Waals surface area contributed by atoms with E-state index in [1.165, 1.54) is 10.9 Å². The number of nitrogens with zero attached hydrogens (tertiary/aromatic N) is 3. The molecule has 0 radical (unpaired) electrons. The van der Waals surface area contributed by atoms with Crippen molar-refractivity contribution in [2.45, 2.75) is 24.9 Å². The van der Waals surface area contributed by atoms with Gasteiger partial charge in [-0.15, -0.1) is 0 Å². The molecule has 2 aromatic rings. The summed E-state index contributed by atoms with van der Waals surface area (Å²) in [6.45, 7) is -0.939. The van der Waals surface area contributed by atoms with Gasteiger partial charge in [-0.2, -0.15) is 0 Å². The van der Waals surface area contributed by atoms with Crippen LogP contribution >= 0.6 is 23.5 Å². The number of H-pyrrole nitrogens is 1. The number of aliphatic hydroxyl groups is 1. The molecule has 1 saturated heterocycles. The van der Waals surface area contributed by atoms with E-state index in [9.17, 15) is 43.2 Å². The minimum atomic E-state index is -6.10. The quantitative estimate of drug-likeness (QED) is 0.217. The first-order valence-electron chi connectivity index (χ1n) is 7.71. The molecule has 0 bridgehead atoms. The number of fused-ring (bicyclic) bond motifs is 1. The molecular formula is C10H11N4Na4O13P3. The van der Waals surface area contributed by atoms with E-state index in [1.54, 1.807) is 0 Å². The second-order valence-electron chi connectivity index (χ2n) is 5.79. The van der Waals surface area contributed by atoms with Gasteiger partial charge in [0.25, 0.3) is 21.2 Å². The predicted molar refractivity (Wildman–Crippen MR) is 83.6 cm³/mol. The second-order valence-corrected chi connectivity index (χ2v) is 10.0. The Morgan fingerprint density at radius 1 is 1.09 bits per heavy atom. The Kier molecular flexibility index (Phi) is 17.7. The third-order valence-corrected chi connectivity index (χ3v) is 7.34. The number of hydrogen-bond donors (Lipinski definition) is 2. The molecule has 17 nitrogen and oxygen atoms in total. The van der Waals surface area contributed by atoms with Gasteiger partial charge in [-0.25, -0.2) is 14.3 Å². The predicted octanol–water partition coefficient (Wildman–Crippen LogP) is -15.4. The summed E-state index contributed by atoms with van der Waals surface area (Å²) in [6, 6.07) is 0. The van der Waals surface area contributed by atoms with Crippen molar-refractivity contribution in [2.75, 3.05) is 6.61 Å². The summed E-state index contributed by atoms with van der Waals surface area (Å²) < 4.78 is 50.4. The normalized spacial score (nSPS) is 23.4. The standard InChI is InChI=1S/C10H15N4O13P3.4Na/c15-5-1-7(14-4-13-8-9(14)11-3-12-10(8)16)25-6(5)2-24-29(20,21)27-30(22,23)26-28(17,18)19;;;;/h3-7,15H,1-2H2,(H,20,21)(H,22,23)(H,11,12,16)(H2,17,18,19);;;;/q;4*+1/p-4/t5-,6+,7+;;;;/m0..../s1. The molecule has 34 heavy (non-hydrogen) atoms. The molecule has 168 valence electrons. The number of aliphatic hydroxyl groups excluding tert-OH is 1. The Morgan fingerprint density at radius 2 is 1.71 bits per heavy atom.